The van der Waals surface area contributed by atoms with Crippen LogP contribution in [0, 0.1) is 5.92 Å². The van der Waals surface area contributed by atoms with Crippen molar-refractivity contribution in [2.45, 2.75) is 45.1 Å². The Kier molecular flexibility index (Phi) is 3.88. The maximum absolute atomic E-state index is 13.4. The Labute approximate surface area is 94.5 Å². The van der Waals surface area contributed by atoms with Crippen LogP contribution in [0.3, 0.4) is 0 Å². The number of carbonyl (C=O) groups is 1. The van der Waals surface area contributed by atoms with Gasteiger partial charge in [0.1, 0.15) is 5.60 Å². The summed E-state index contributed by atoms with van der Waals surface area (Å²) in [6.45, 7) is 5.65. The summed E-state index contributed by atoms with van der Waals surface area (Å²) in [5.74, 6) is -4.26. The van der Waals surface area contributed by atoms with E-state index >= 15 is 0 Å². The third-order valence-corrected chi connectivity index (χ3v) is 2.46. The second-order valence-electron chi connectivity index (χ2n) is 5.20. The first-order chi connectivity index (χ1) is 7.21. The smallest absolute Gasteiger partial charge is 0.306 e. The Morgan fingerprint density at radius 3 is 2.62 bits per heavy atom. The fourth-order valence-corrected chi connectivity index (χ4v) is 1.69. The Morgan fingerprint density at radius 2 is 2.12 bits per heavy atom. The molecule has 1 saturated heterocycles. The normalized spacial score (nSPS) is 25.2. The predicted octanol–water partition coefficient (Wildman–Crippen LogP) is 1.96. The van der Waals surface area contributed by atoms with Crippen LogP contribution >= 0.6 is 0 Å². The van der Waals surface area contributed by atoms with E-state index in [1.807, 2.05) is 0 Å². The molecule has 1 N–H and O–H groups in total. The maximum Gasteiger partial charge on any atom is 0.306 e. The Balaban J connectivity index is 2.49. The molecule has 1 unspecified atom stereocenters. The zero-order valence-corrected chi connectivity index (χ0v) is 9.98. The van der Waals surface area contributed by atoms with Gasteiger partial charge in [0.05, 0.1) is 6.42 Å². The number of carbonyl (C=O) groups excluding carboxylic acids is 1. The highest BCUT2D eigenvalue weighted by Gasteiger charge is 2.42. The van der Waals surface area contributed by atoms with Gasteiger partial charge < -0.3 is 10.1 Å². The third-order valence-electron chi connectivity index (χ3n) is 2.46. The van der Waals surface area contributed by atoms with E-state index in [4.69, 9.17) is 4.74 Å². The largest absolute Gasteiger partial charge is 0.460 e. The van der Waals surface area contributed by atoms with E-state index < -0.39 is 23.4 Å². The van der Waals surface area contributed by atoms with E-state index in [1.165, 1.54) is 0 Å². The monoisotopic (exact) mass is 235 g/mol. The molecule has 1 heterocycles. The summed E-state index contributed by atoms with van der Waals surface area (Å²) in [5.41, 5.74) is -0.617. The van der Waals surface area contributed by atoms with Gasteiger partial charge in [-0.2, -0.15) is 0 Å². The van der Waals surface area contributed by atoms with Gasteiger partial charge >= 0.3 is 5.97 Å². The van der Waals surface area contributed by atoms with Gasteiger partial charge in [-0.25, -0.2) is 8.78 Å². The van der Waals surface area contributed by atoms with Crippen molar-refractivity contribution in [2.24, 2.45) is 5.92 Å². The van der Waals surface area contributed by atoms with E-state index in [1.54, 1.807) is 20.8 Å². The number of esters is 1. The summed E-state index contributed by atoms with van der Waals surface area (Å²) >= 11 is 0. The number of nitrogens with one attached hydrogen (secondary N) is 1. The summed E-state index contributed by atoms with van der Waals surface area (Å²) in [5, 5.41) is 2.87. The first-order valence-electron chi connectivity index (χ1n) is 5.51. The van der Waals surface area contributed by atoms with Crippen molar-refractivity contribution in [2.75, 3.05) is 13.1 Å². The van der Waals surface area contributed by atoms with Crippen LogP contribution in [0.5, 0.6) is 0 Å². The molecule has 16 heavy (non-hydrogen) atoms. The van der Waals surface area contributed by atoms with Crippen molar-refractivity contribution < 1.29 is 18.3 Å². The van der Waals surface area contributed by atoms with Crippen molar-refractivity contribution in [1.82, 2.24) is 5.32 Å². The molecular weight excluding hydrogens is 216 g/mol. The van der Waals surface area contributed by atoms with Crippen LogP contribution in [-0.2, 0) is 9.53 Å². The van der Waals surface area contributed by atoms with Gasteiger partial charge in [0.2, 0.25) is 0 Å². The van der Waals surface area contributed by atoms with Crippen LogP contribution in [-0.4, -0.2) is 30.6 Å². The lowest BCUT2D eigenvalue weighted by atomic mass is 9.92. The molecular formula is C11H19F2NO2. The molecule has 0 saturated carbocycles. The summed E-state index contributed by atoms with van der Waals surface area (Å²) < 4.78 is 31.9. The van der Waals surface area contributed by atoms with E-state index in [0.717, 1.165) is 0 Å². The molecule has 1 aliphatic heterocycles. The third kappa shape index (κ3) is 4.04. The van der Waals surface area contributed by atoms with Gasteiger partial charge in [0.25, 0.3) is 5.92 Å². The fraction of sp³-hybridized carbons (Fsp3) is 0.909. The second-order valence-corrected chi connectivity index (χ2v) is 5.20. The molecule has 1 fully saturated rings. The summed E-state index contributed by atoms with van der Waals surface area (Å²) in [6, 6.07) is 0. The lowest BCUT2D eigenvalue weighted by molar-refractivity contribution is -0.161. The molecule has 1 atom stereocenters. The minimum Gasteiger partial charge on any atom is -0.460 e. The zero-order valence-electron chi connectivity index (χ0n) is 9.98. The first-order valence-corrected chi connectivity index (χ1v) is 5.51. The zero-order chi connectivity index (χ0) is 12.4. The maximum atomic E-state index is 13.4. The summed E-state index contributed by atoms with van der Waals surface area (Å²) in [7, 11) is 0. The quantitative estimate of drug-likeness (QED) is 0.744. The van der Waals surface area contributed by atoms with E-state index in [-0.39, 0.29) is 19.4 Å². The van der Waals surface area contributed by atoms with Crippen molar-refractivity contribution in [3.8, 4) is 0 Å². The van der Waals surface area contributed by atoms with Crippen molar-refractivity contribution >= 4 is 5.97 Å². The molecule has 3 nitrogen and oxygen atoms in total. The molecule has 0 aromatic heterocycles. The van der Waals surface area contributed by atoms with Gasteiger partial charge in [0, 0.05) is 25.4 Å². The number of rotatable bonds is 2. The predicted molar refractivity (Wildman–Crippen MR) is 56.4 cm³/mol. The number of ether oxygens (including phenoxy) is 1. The molecule has 1 aliphatic rings. The van der Waals surface area contributed by atoms with Gasteiger partial charge in [-0.05, 0) is 20.8 Å². The van der Waals surface area contributed by atoms with Crippen LogP contribution in [0.25, 0.3) is 0 Å². The van der Waals surface area contributed by atoms with Gasteiger partial charge in [-0.15, -0.1) is 0 Å². The van der Waals surface area contributed by atoms with Gasteiger partial charge in [0.15, 0.2) is 0 Å². The number of halogens is 2. The second kappa shape index (κ2) is 4.65. The molecule has 0 aromatic rings. The number of hydrogen-bond donors (Lipinski definition) is 1. The molecule has 94 valence electrons. The van der Waals surface area contributed by atoms with E-state index in [2.05, 4.69) is 5.32 Å². The molecule has 0 aromatic carbocycles. The minimum atomic E-state index is -2.76. The summed E-state index contributed by atoms with van der Waals surface area (Å²) in [4.78, 5) is 11.4. The average molecular weight is 235 g/mol. The van der Waals surface area contributed by atoms with Crippen LogP contribution in [0.2, 0.25) is 0 Å². The summed E-state index contributed by atoms with van der Waals surface area (Å²) in [6.07, 6.45) is -0.433. The lowest BCUT2D eigenvalue weighted by Gasteiger charge is -2.32. The molecule has 0 radical (unpaired) electrons. The minimum absolute atomic E-state index is 0.173. The van der Waals surface area contributed by atoms with E-state index in [9.17, 15) is 13.6 Å². The first kappa shape index (κ1) is 13.4. The Morgan fingerprint density at radius 1 is 1.50 bits per heavy atom. The fourth-order valence-electron chi connectivity index (χ4n) is 1.69. The number of alkyl halides is 2. The molecule has 1 rings (SSSR count). The van der Waals surface area contributed by atoms with Crippen molar-refractivity contribution in [1.29, 1.82) is 0 Å². The van der Waals surface area contributed by atoms with Crippen LogP contribution in [0.1, 0.15) is 33.6 Å². The van der Waals surface area contributed by atoms with Crippen LogP contribution in [0.15, 0.2) is 0 Å². The van der Waals surface area contributed by atoms with Gasteiger partial charge in [-0.1, -0.05) is 0 Å². The highest BCUT2D eigenvalue weighted by molar-refractivity contribution is 5.70. The molecule has 0 aliphatic carbocycles. The molecule has 0 bridgehead atoms. The van der Waals surface area contributed by atoms with Crippen LogP contribution in [0.4, 0.5) is 8.78 Å². The molecule has 0 spiro atoms. The number of hydrogen-bond acceptors (Lipinski definition) is 3. The highest BCUT2D eigenvalue weighted by atomic mass is 19.3. The standard InChI is InChI=1S/C11H19F2NO2/c1-10(2,3)16-9(15)6-8-7-14-5-4-11(8,12)13/h8,14H,4-7H2,1-3H3. The van der Waals surface area contributed by atoms with Crippen LogP contribution < -0.4 is 5.32 Å². The van der Waals surface area contributed by atoms with Crippen molar-refractivity contribution in [3.05, 3.63) is 0 Å². The SMILES string of the molecule is CC(C)(C)OC(=O)CC1CNCCC1(F)F. The average Bonchev–Trinajstić information content (AvgIpc) is 2.05. The lowest BCUT2D eigenvalue weighted by Crippen LogP contribution is -2.46. The van der Waals surface area contributed by atoms with E-state index in [0.29, 0.717) is 6.54 Å². The molecule has 0 amide bonds. The molecule has 5 heteroatoms. The van der Waals surface area contributed by atoms with Crippen molar-refractivity contribution in [3.63, 3.8) is 0 Å². The Bertz CT molecular complexity index is 261. The van der Waals surface area contributed by atoms with Gasteiger partial charge in [-0.3, -0.25) is 4.79 Å². The topological polar surface area (TPSA) is 38.3 Å². The number of piperidine rings is 1. The highest BCUT2D eigenvalue weighted by Crippen LogP contribution is 2.33. The Hall–Kier alpha value is -0.710.